The molecule has 2 N–H and O–H groups in total. The highest BCUT2D eigenvalue weighted by Gasteiger charge is 2.12. The molecule has 0 spiro atoms. The first-order valence-corrected chi connectivity index (χ1v) is 11.4. The minimum Gasteiger partial charge on any atom is -0.508 e. The molecule has 0 saturated carbocycles. The van der Waals surface area contributed by atoms with Crippen LogP contribution in [0.25, 0.3) is 11.1 Å². The molecule has 1 atom stereocenters. The van der Waals surface area contributed by atoms with Gasteiger partial charge in [-0.25, -0.2) is 0 Å². The number of aromatic hydroxyl groups is 1. The molecule has 0 aromatic heterocycles. The highest BCUT2D eigenvalue weighted by molar-refractivity contribution is 9.10. The third kappa shape index (κ3) is 5.62. The van der Waals surface area contributed by atoms with Gasteiger partial charge in [-0.2, -0.15) is 0 Å². The summed E-state index contributed by atoms with van der Waals surface area (Å²) < 4.78 is 7.16. The molecule has 0 radical (unpaired) electrons. The number of anilines is 1. The number of hydrogen-bond acceptors (Lipinski definition) is 3. The molecule has 0 aliphatic rings. The molecule has 4 aromatic carbocycles. The molecule has 0 aliphatic carbocycles. The topological polar surface area (TPSA) is 58.6 Å². The molecule has 0 heterocycles. The van der Waals surface area contributed by atoms with Crippen LogP contribution in [0.3, 0.4) is 0 Å². The van der Waals surface area contributed by atoms with Gasteiger partial charge in [-0.15, -0.1) is 0 Å². The fourth-order valence-electron chi connectivity index (χ4n) is 3.55. The van der Waals surface area contributed by atoms with E-state index in [0.717, 1.165) is 32.5 Å². The zero-order valence-electron chi connectivity index (χ0n) is 18.4. The van der Waals surface area contributed by atoms with Crippen LogP contribution in [-0.2, 0) is 0 Å². The molecule has 0 fully saturated rings. The first-order valence-electron chi connectivity index (χ1n) is 10.6. The maximum Gasteiger partial charge on any atom is 0.255 e. The van der Waals surface area contributed by atoms with Crippen molar-refractivity contribution in [1.82, 2.24) is 0 Å². The number of phenols is 1. The highest BCUT2D eigenvalue weighted by atomic mass is 79.9. The van der Waals surface area contributed by atoms with Gasteiger partial charge < -0.3 is 15.2 Å². The number of ether oxygens (including phenoxy) is 1. The number of benzene rings is 4. The molecule has 4 rings (SSSR count). The highest BCUT2D eigenvalue weighted by Crippen LogP contribution is 2.29. The summed E-state index contributed by atoms with van der Waals surface area (Å²) in [6.45, 7) is 3.98. The van der Waals surface area contributed by atoms with Gasteiger partial charge in [-0.3, -0.25) is 4.79 Å². The van der Waals surface area contributed by atoms with Gasteiger partial charge >= 0.3 is 0 Å². The Morgan fingerprint density at radius 3 is 2.21 bits per heavy atom. The minimum absolute atomic E-state index is 0.103. The second-order valence-corrected chi connectivity index (χ2v) is 8.79. The van der Waals surface area contributed by atoms with Crippen LogP contribution in [-0.4, -0.2) is 11.0 Å². The van der Waals surface area contributed by atoms with Gasteiger partial charge in [0.1, 0.15) is 17.6 Å². The van der Waals surface area contributed by atoms with Crippen LogP contribution in [0.4, 0.5) is 5.69 Å². The van der Waals surface area contributed by atoms with Crippen molar-refractivity contribution in [2.75, 3.05) is 5.32 Å². The lowest BCUT2D eigenvalue weighted by atomic mass is 10.0. The third-order valence-corrected chi connectivity index (χ3v) is 5.90. The molecule has 33 heavy (non-hydrogen) atoms. The van der Waals surface area contributed by atoms with Crippen LogP contribution >= 0.6 is 15.9 Å². The molecular weight excluding hydrogens is 478 g/mol. The molecule has 0 saturated heterocycles. The summed E-state index contributed by atoms with van der Waals surface area (Å²) in [6.07, 6.45) is -0.103. The lowest BCUT2D eigenvalue weighted by Crippen LogP contribution is -2.12. The molecule has 0 aliphatic heterocycles. The van der Waals surface area contributed by atoms with Crippen LogP contribution in [0, 0.1) is 6.92 Å². The monoisotopic (exact) mass is 501 g/mol. The van der Waals surface area contributed by atoms with Gasteiger partial charge in [0.15, 0.2) is 0 Å². The van der Waals surface area contributed by atoms with E-state index in [1.807, 2.05) is 80.6 Å². The molecular formula is C28H24BrNO3. The lowest BCUT2D eigenvalue weighted by Gasteiger charge is -2.18. The number of hydrogen-bond donors (Lipinski definition) is 2. The Bertz CT molecular complexity index is 1270. The van der Waals surface area contributed by atoms with Gasteiger partial charge in [0, 0.05) is 15.7 Å². The van der Waals surface area contributed by atoms with Crippen molar-refractivity contribution in [2.24, 2.45) is 0 Å². The quantitative estimate of drug-likeness (QED) is 0.287. The van der Waals surface area contributed by atoms with Crippen molar-refractivity contribution in [3.8, 4) is 22.6 Å². The maximum atomic E-state index is 12.7. The first-order chi connectivity index (χ1) is 15.9. The second-order valence-electron chi connectivity index (χ2n) is 7.87. The number of carbonyl (C=O) groups excluding carboxylic acids is 1. The number of amides is 1. The van der Waals surface area contributed by atoms with Crippen molar-refractivity contribution in [2.45, 2.75) is 20.0 Å². The van der Waals surface area contributed by atoms with Crippen molar-refractivity contribution < 1.29 is 14.6 Å². The van der Waals surface area contributed by atoms with Crippen molar-refractivity contribution in [3.05, 3.63) is 112 Å². The zero-order valence-corrected chi connectivity index (χ0v) is 20.0. The van der Waals surface area contributed by atoms with Gasteiger partial charge in [0.25, 0.3) is 5.91 Å². The lowest BCUT2D eigenvalue weighted by molar-refractivity contribution is 0.102. The average Bonchev–Trinajstić information content (AvgIpc) is 2.81. The van der Waals surface area contributed by atoms with E-state index in [2.05, 4.69) is 21.2 Å². The summed E-state index contributed by atoms with van der Waals surface area (Å²) in [6, 6.07) is 28.0. The predicted octanol–water partition coefficient (Wildman–Crippen LogP) is 7.52. The van der Waals surface area contributed by atoms with Crippen LogP contribution in [0.5, 0.6) is 11.5 Å². The zero-order chi connectivity index (χ0) is 23.4. The largest absolute Gasteiger partial charge is 0.508 e. The predicted molar refractivity (Wildman–Crippen MR) is 136 cm³/mol. The Kier molecular flexibility index (Phi) is 6.80. The summed E-state index contributed by atoms with van der Waals surface area (Å²) in [4.78, 5) is 12.7. The van der Waals surface area contributed by atoms with E-state index in [0.29, 0.717) is 11.3 Å². The smallest absolute Gasteiger partial charge is 0.255 e. The van der Waals surface area contributed by atoms with E-state index < -0.39 is 0 Å². The molecule has 1 amide bonds. The summed E-state index contributed by atoms with van der Waals surface area (Å²) in [5.74, 6) is 0.825. The van der Waals surface area contributed by atoms with E-state index in [4.69, 9.17) is 4.74 Å². The molecule has 4 nitrogen and oxygen atoms in total. The van der Waals surface area contributed by atoms with E-state index >= 15 is 0 Å². The Labute approximate surface area is 202 Å². The summed E-state index contributed by atoms with van der Waals surface area (Å²) in [5.41, 5.74) is 5.25. The Hall–Kier alpha value is -3.57. The summed E-state index contributed by atoms with van der Waals surface area (Å²) in [7, 11) is 0. The van der Waals surface area contributed by atoms with Crippen LogP contribution in [0.2, 0.25) is 0 Å². The number of aryl methyl sites for hydroxylation is 1. The van der Waals surface area contributed by atoms with Crippen molar-refractivity contribution >= 4 is 27.5 Å². The number of phenolic OH excluding ortho intramolecular Hbond substituents is 1. The normalized spacial score (nSPS) is 11.6. The second kappa shape index (κ2) is 9.92. The molecule has 166 valence electrons. The van der Waals surface area contributed by atoms with Gasteiger partial charge in [-0.05, 0) is 90.7 Å². The fourth-order valence-corrected chi connectivity index (χ4v) is 3.97. The van der Waals surface area contributed by atoms with E-state index in [9.17, 15) is 9.90 Å². The molecule has 1 unspecified atom stereocenters. The molecule has 4 aromatic rings. The number of halogens is 1. The van der Waals surface area contributed by atoms with Crippen LogP contribution < -0.4 is 10.1 Å². The maximum absolute atomic E-state index is 12.7. The number of nitrogens with one attached hydrogen (secondary N) is 1. The fraction of sp³-hybridized carbons (Fsp3) is 0.107. The van der Waals surface area contributed by atoms with Crippen LogP contribution in [0.15, 0.2) is 95.5 Å². The van der Waals surface area contributed by atoms with Gasteiger partial charge in [-0.1, -0.05) is 52.3 Å². The SMILES string of the molecule is Cc1cc(NC(=O)c2ccc(-c3ccc(O)cc3)cc2)ccc1OC(C)c1cccc(Br)c1. The molecule has 5 heteroatoms. The van der Waals surface area contributed by atoms with Crippen molar-refractivity contribution in [1.29, 1.82) is 0 Å². The first kappa shape index (κ1) is 22.6. The van der Waals surface area contributed by atoms with Crippen LogP contribution in [0.1, 0.15) is 34.5 Å². The number of carbonyl (C=O) groups is 1. The van der Waals surface area contributed by atoms with E-state index in [1.165, 1.54) is 0 Å². The Balaban J connectivity index is 1.42. The summed E-state index contributed by atoms with van der Waals surface area (Å²) in [5, 5.41) is 12.4. The Morgan fingerprint density at radius 1 is 0.909 bits per heavy atom. The molecule has 0 bridgehead atoms. The van der Waals surface area contributed by atoms with Gasteiger partial charge in [0.05, 0.1) is 0 Å². The summed E-state index contributed by atoms with van der Waals surface area (Å²) >= 11 is 3.50. The van der Waals surface area contributed by atoms with E-state index in [-0.39, 0.29) is 17.8 Å². The van der Waals surface area contributed by atoms with Gasteiger partial charge in [0.2, 0.25) is 0 Å². The number of rotatable bonds is 6. The standard InChI is InChI=1S/C28H24BrNO3/c1-18-16-25(12-15-27(18)33-19(2)23-4-3-5-24(29)17-23)30-28(32)22-8-6-20(7-9-22)21-10-13-26(31)14-11-21/h3-17,19,31H,1-2H3,(H,30,32). The third-order valence-electron chi connectivity index (χ3n) is 5.40. The minimum atomic E-state index is -0.178. The van der Waals surface area contributed by atoms with E-state index in [1.54, 1.807) is 24.3 Å². The average molecular weight is 502 g/mol. The van der Waals surface area contributed by atoms with Crippen molar-refractivity contribution in [3.63, 3.8) is 0 Å². The Morgan fingerprint density at radius 2 is 1.58 bits per heavy atom.